The summed E-state index contributed by atoms with van der Waals surface area (Å²) in [5, 5.41) is 7.52. The van der Waals surface area contributed by atoms with Gasteiger partial charge in [-0.3, -0.25) is 10.3 Å². The van der Waals surface area contributed by atoms with Gasteiger partial charge in [0.15, 0.2) is 0 Å². The van der Waals surface area contributed by atoms with Crippen molar-refractivity contribution in [2.24, 2.45) is 5.73 Å². The SMILES string of the molecule is CN(Cc1ccc(F)cc1C(=N)N)C1CCCC1. The zero-order chi connectivity index (χ0) is 13.1. The molecule has 18 heavy (non-hydrogen) atoms. The minimum atomic E-state index is -0.340. The molecular formula is C14H20FN3. The zero-order valence-corrected chi connectivity index (χ0v) is 10.7. The molecule has 0 heterocycles. The predicted molar refractivity (Wildman–Crippen MR) is 71.1 cm³/mol. The lowest BCUT2D eigenvalue weighted by molar-refractivity contribution is 0.237. The van der Waals surface area contributed by atoms with Crippen LogP contribution < -0.4 is 5.73 Å². The molecule has 0 aliphatic heterocycles. The summed E-state index contributed by atoms with van der Waals surface area (Å²) in [5.41, 5.74) is 6.95. The summed E-state index contributed by atoms with van der Waals surface area (Å²) in [5.74, 6) is -0.406. The molecule has 0 saturated heterocycles. The Morgan fingerprint density at radius 2 is 2.11 bits per heavy atom. The van der Waals surface area contributed by atoms with Gasteiger partial charge in [-0.2, -0.15) is 0 Å². The zero-order valence-electron chi connectivity index (χ0n) is 10.7. The molecule has 1 fully saturated rings. The van der Waals surface area contributed by atoms with E-state index in [9.17, 15) is 4.39 Å². The molecule has 0 unspecified atom stereocenters. The van der Waals surface area contributed by atoms with Crippen LogP contribution in [0.5, 0.6) is 0 Å². The highest BCUT2D eigenvalue weighted by atomic mass is 19.1. The van der Waals surface area contributed by atoms with Gasteiger partial charge in [0.1, 0.15) is 11.7 Å². The largest absolute Gasteiger partial charge is 0.384 e. The summed E-state index contributed by atoms with van der Waals surface area (Å²) in [7, 11) is 2.09. The highest BCUT2D eigenvalue weighted by Crippen LogP contribution is 2.24. The number of nitrogen functional groups attached to an aromatic ring is 1. The Morgan fingerprint density at radius 3 is 2.72 bits per heavy atom. The molecule has 0 amide bonds. The van der Waals surface area contributed by atoms with Crippen LogP contribution in [0.1, 0.15) is 36.8 Å². The number of nitrogens with one attached hydrogen (secondary N) is 1. The first-order valence-electron chi connectivity index (χ1n) is 6.41. The van der Waals surface area contributed by atoms with E-state index < -0.39 is 0 Å². The molecule has 3 N–H and O–H groups in total. The van der Waals surface area contributed by atoms with E-state index in [1.54, 1.807) is 6.07 Å². The third kappa shape index (κ3) is 2.88. The van der Waals surface area contributed by atoms with Gasteiger partial charge in [0.05, 0.1) is 0 Å². The third-order valence-electron chi connectivity index (χ3n) is 3.73. The predicted octanol–water partition coefficient (Wildman–Crippen LogP) is 2.48. The van der Waals surface area contributed by atoms with Gasteiger partial charge in [-0.25, -0.2) is 4.39 Å². The van der Waals surface area contributed by atoms with Crippen molar-refractivity contribution in [3.8, 4) is 0 Å². The van der Waals surface area contributed by atoms with Crippen LogP contribution in [0.25, 0.3) is 0 Å². The van der Waals surface area contributed by atoms with Crippen LogP contribution in [0.4, 0.5) is 4.39 Å². The summed E-state index contributed by atoms with van der Waals surface area (Å²) in [4.78, 5) is 2.28. The van der Waals surface area contributed by atoms with Crippen molar-refractivity contribution in [1.29, 1.82) is 5.41 Å². The Hall–Kier alpha value is -1.42. The molecular weight excluding hydrogens is 229 g/mol. The number of amidine groups is 1. The maximum Gasteiger partial charge on any atom is 0.123 e. The van der Waals surface area contributed by atoms with Crippen LogP contribution >= 0.6 is 0 Å². The average molecular weight is 249 g/mol. The van der Waals surface area contributed by atoms with Crippen LogP contribution in [0, 0.1) is 11.2 Å². The summed E-state index contributed by atoms with van der Waals surface area (Å²) < 4.78 is 13.2. The minimum Gasteiger partial charge on any atom is -0.384 e. The maximum atomic E-state index is 13.2. The van der Waals surface area contributed by atoms with Crippen LogP contribution in [-0.4, -0.2) is 23.8 Å². The van der Waals surface area contributed by atoms with Crippen molar-refractivity contribution in [3.05, 3.63) is 35.1 Å². The molecule has 3 nitrogen and oxygen atoms in total. The molecule has 1 saturated carbocycles. The molecule has 0 atom stereocenters. The highest BCUT2D eigenvalue weighted by Gasteiger charge is 2.20. The lowest BCUT2D eigenvalue weighted by Gasteiger charge is -2.25. The number of hydrogen-bond acceptors (Lipinski definition) is 2. The lowest BCUT2D eigenvalue weighted by Crippen LogP contribution is -2.29. The summed E-state index contributed by atoms with van der Waals surface area (Å²) >= 11 is 0. The Kier molecular flexibility index (Phi) is 3.97. The molecule has 1 aromatic carbocycles. The van der Waals surface area contributed by atoms with E-state index in [0.717, 1.165) is 12.1 Å². The number of nitrogens with two attached hydrogens (primary N) is 1. The Balaban J connectivity index is 2.15. The van der Waals surface area contributed by atoms with Gasteiger partial charge in [-0.15, -0.1) is 0 Å². The van der Waals surface area contributed by atoms with E-state index in [1.165, 1.54) is 37.8 Å². The van der Waals surface area contributed by atoms with Gasteiger partial charge in [-0.1, -0.05) is 18.9 Å². The van der Waals surface area contributed by atoms with Crippen molar-refractivity contribution in [1.82, 2.24) is 4.90 Å². The molecule has 0 radical (unpaired) electrons. The number of hydrogen-bond donors (Lipinski definition) is 2. The fourth-order valence-electron chi connectivity index (χ4n) is 2.68. The molecule has 0 bridgehead atoms. The second-order valence-electron chi connectivity index (χ2n) is 5.07. The molecule has 4 heteroatoms. The van der Waals surface area contributed by atoms with Crippen LogP contribution in [-0.2, 0) is 6.54 Å². The van der Waals surface area contributed by atoms with Crippen molar-refractivity contribution in [2.75, 3.05) is 7.05 Å². The molecule has 2 rings (SSSR count). The first kappa shape index (κ1) is 13.0. The first-order valence-corrected chi connectivity index (χ1v) is 6.41. The van der Waals surface area contributed by atoms with Gasteiger partial charge < -0.3 is 5.73 Å². The van der Waals surface area contributed by atoms with Crippen molar-refractivity contribution >= 4 is 5.84 Å². The number of halogens is 1. The van der Waals surface area contributed by atoms with Gasteiger partial charge >= 0.3 is 0 Å². The molecule has 0 aromatic heterocycles. The van der Waals surface area contributed by atoms with Crippen LogP contribution in [0.2, 0.25) is 0 Å². The minimum absolute atomic E-state index is 0.0654. The Morgan fingerprint density at radius 1 is 1.44 bits per heavy atom. The first-order chi connectivity index (χ1) is 8.58. The van der Waals surface area contributed by atoms with Gasteiger partial charge in [-0.05, 0) is 37.6 Å². The second-order valence-corrected chi connectivity index (χ2v) is 5.07. The third-order valence-corrected chi connectivity index (χ3v) is 3.73. The monoisotopic (exact) mass is 249 g/mol. The fraction of sp³-hybridized carbons (Fsp3) is 0.500. The normalized spacial score (nSPS) is 16.4. The van der Waals surface area contributed by atoms with E-state index in [0.29, 0.717) is 11.6 Å². The van der Waals surface area contributed by atoms with Gasteiger partial charge in [0, 0.05) is 18.2 Å². The van der Waals surface area contributed by atoms with Crippen molar-refractivity contribution < 1.29 is 4.39 Å². The van der Waals surface area contributed by atoms with E-state index >= 15 is 0 Å². The summed E-state index contributed by atoms with van der Waals surface area (Å²) in [6.45, 7) is 0.722. The standard InChI is InChI=1S/C14H20FN3/c1-18(12-4-2-3-5-12)9-10-6-7-11(15)8-13(10)14(16)17/h6-8,12H,2-5,9H2,1H3,(H3,16,17). The summed E-state index contributed by atoms with van der Waals surface area (Å²) in [6.07, 6.45) is 5.04. The smallest absolute Gasteiger partial charge is 0.123 e. The molecule has 1 aromatic rings. The highest BCUT2D eigenvalue weighted by molar-refractivity contribution is 5.96. The molecule has 98 valence electrons. The van der Waals surface area contributed by atoms with E-state index in [2.05, 4.69) is 11.9 Å². The van der Waals surface area contributed by atoms with E-state index in [1.807, 2.05) is 0 Å². The maximum absolute atomic E-state index is 13.2. The van der Waals surface area contributed by atoms with Crippen molar-refractivity contribution in [3.63, 3.8) is 0 Å². The average Bonchev–Trinajstić information content (AvgIpc) is 2.84. The fourth-order valence-corrected chi connectivity index (χ4v) is 2.68. The van der Waals surface area contributed by atoms with Gasteiger partial charge in [0.2, 0.25) is 0 Å². The number of nitrogens with zero attached hydrogens (tertiary/aromatic N) is 1. The molecule has 1 aliphatic carbocycles. The Labute approximate surface area is 107 Å². The van der Waals surface area contributed by atoms with Crippen molar-refractivity contribution in [2.45, 2.75) is 38.3 Å². The number of benzene rings is 1. The van der Waals surface area contributed by atoms with Gasteiger partial charge in [0.25, 0.3) is 0 Å². The van der Waals surface area contributed by atoms with Crippen LogP contribution in [0.3, 0.4) is 0 Å². The Bertz CT molecular complexity index is 439. The molecule has 0 spiro atoms. The summed E-state index contributed by atoms with van der Waals surface area (Å²) in [6, 6.07) is 5.12. The number of rotatable bonds is 4. The second kappa shape index (κ2) is 5.48. The lowest BCUT2D eigenvalue weighted by atomic mass is 10.0. The van der Waals surface area contributed by atoms with E-state index in [-0.39, 0.29) is 11.7 Å². The quantitative estimate of drug-likeness (QED) is 0.636. The van der Waals surface area contributed by atoms with Crippen LogP contribution in [0.15, 0.2) is 18.2 Å². The van der Waals surface area contributed by atoms with E-state index in [4.69, 9.17) is 11.1 Å². The molecule has 1 aliphatic rings. The topological polar surface area (TPSA) is 53.1 Å².